The van der Waals surface area contributed by atoms with E-state index in [1.165, 1.54) is 7.11 Å². The number of carbonyl (C=O) groups is 1. The fourth-order valence-electron chi connectivity index (χ4n) is 5.61. The molecule has 0 aromatic carbocycles. The molecular formula is C28H40N8O4. The number of nitrogens with one attached hydrogen (secondary N) is 2. The normalized spacial score (nSPS) is 17.2. The standard InChI is InChI=1S/C28H40N8O4/c1-4-5-10-29-26-25-23(32-27(33-26)34-28(37)39-3)17-31-36(25)18-20-16-30-22(15-24(20)38-2)19-6-11-35(12-7-19)21-8-13-40-14-9-21/h15-17,19,21H,4-14,18H2,1-3H3,(H2,29,32,33,34,37). The molecule has 0 saturated carbocycles. The van der Waals surface area contributed by atoms with Gasteiger partial charge >= 0.3 is 6.09 Å². The quantitative estimate of drug-likeness (QED) is 0.356. The van der Waals surface area contributed by atoms with Crippen molar-refractivity contribution in [2.45, 2.75) is 64.0 Å². The van der Waals surface area contributed by atoms with Crippen LogP contribution >= 0.6 is 0 Å². The van der Waals surface area contributed by atoms with Crippen LogP contribution in [0, 0.1) is 0 Å². The second kappa shape index (κ2) is 13.2. The maximum atomic E-state index is 11.8. The first-order valence-corrected chi connectivity index (χ1v) is 14.3. The monoisotopic (exact) mass is 552 g/mol. The van der Waals surface area contributed by atoms with Crippen LogP contribution < -0.4 is 15.4 Å². The number of unbranched alkanes of at least 4 members (excludes halogenated alkanes) is 1. The van der Waals surface area contributed by atoms with Gasteiger partial charge in [0.1, 0.15) is 16.8 Å². The Morgan fingerprint density at radius 1 is 1.12 bits per heavy atom. The Labute approximate surface area is 234 Å². The Morgan fingerprint density at radius 3 is 2.65 bits per heavy atom. The fraction of sp³-hybridized carbons (Fsp3) is 0.607. The summed E-state index contributed by atoms with van der Waals surface area (Å²) in [6.45, 7) is 7.26. The number of hydrogen-bond donors (Lipinski definition) is 2. The molecule has 2 aliphatic heterocycles. The van der Waals surface area contributed by atoms with Crippen molar-refractivity contribution in [1.82, 2.24) is 29.6 Å². The maximum absolute atomic E-state index is 11.8. The van der Waals surface area contributed by atoms with E-state index in [9.17, 15) is 4.79 Å². The van der Waals surface area contributed by atoms with Gasteiger partial charge in [-0.15, -0.1) is 0 Å². The summed E-state index contributed by atoms with van der Waals surface area (Å²) in [6, 6.07) is 2.74. The Balaban J connectivity index is 1.33. The van der Waals surface area contributed by atoms with Crippen LogP contribution in [0.25, 0.3) is 11.0 Å². The number of likely N-dealkylation sites (tertiary alicyclic amines) is 1. The molecule has 3 aromatic rings. The van der Waals surface area contributed by atoms with Crippen LogP contribution in [-0.4, -0.2) is 88.8 Å². The number of aromatic nitrogens is 5. The van der Waals surface area contributed by atoms with Crippen molar-refractivity contribution < 1.29 is 19.0 Å². The first-order valence-electron chi connectivity index (χ1n) is 14.3. The maximum Gasteiger partial charge on any atom is 0.413 e. The summed E-state index contributed by atoms with van der Waals surface area (Å²) in [7, 11) is 3.00. The van der Waals surface area contributed by atoms with Crippen LogP contribution in [0.5, 0.6) is 5.75 Å². The van der Waals surface area contributed by atoms with Gasteiger partial charge in [0.15, 0.2) is 5.82 Å². The van der Waals surface area contributed by atoms with Gasteiger partial charge in [-0.25, -0.2) is 9.78 Å². The number of hydrogen-bond acceptors (Lipinski definition) is 10. The first kappa shape index (κ1) is 28.0. The van der Waals surface area contributed by atoms with Gasteiger partial charge in [-0.05, 0) is 45.2 Å². The molecule has 5 rings (SSSR count). The van der Waals surface area contributed by atoms with E-state index in [0.29, 0.717) is 29.8 Å². The summed E-state index contributed by atoms with van der Waals surface area (Å²) in [6.07, 6.45) is 9.44. The van der Waals surface area contributed by atoms with Crippen LogP contribution in [0.2, 0.25) is 0 Å². The molecule has 5 heterocycles. The summed E-state index contributed by atoms with van der Waals surface area (Å²) in [5.74, 6) is 1.98. The number of anilines is 2. The van der Waals surface area contributed by atoms with E-state index in [0.717, 1.165) is 93.9 Å². The number of nitrogens with zero attached hydrogens (tertiary/aromatic N) is 6. The number of fused-ring (bicyclic) bond motifs is 1. The van der Waals surface area contributed by atoms with Gasteiger partial charge in [-0.1, -0.05) is 13.3 Å². The Bertz CT molecular complexity index is 1280. The molecular weight excluding hydrogens is 512 g/mol. The number of pyridine rings is 1. The van der Waals surface area contributed by atoms with E-state index in [2.05, 4.69) is 43.6 Å². The van der Waals surface area contributed by atoms with Gasteiger partial charge in [0.05, 0.1) is 27.0 Å². The van der Waals surface area contributed by atoms with Crippen LogP contribution in [0.1, 0.15) is 62.6 Å². The highest BCUT2D eigenvalue weighted by Gasteiger charge is 2.28. The van der Waals surface area contributed by atoms with Crippen molar-refractivity contribution in [2.24, 2.45) is 0 Å². The number of methoxy groups -OCH3 is 2. The van der Waals surface area contributed by atoms with Crippen LogP contribution in [0.3, 0.4) is 0 Å². The predicted octanol–water partition coefficient (Wildman–Crippen LogP) is 4.03. The number of ether oxygens (including phenoxy) is 3. The van der Waals surface area contributed by atoms with Gasteiger partial charge < -0.3 is 24.4 Å². The minimum absolute atomic E-state index is 0.157. The lowest BCUT2D eigenvalue weighted by molar-refractivity contribution is 0.0250. The summed E-state index contributed by atoms with van der Waals surface area (Å²) in [5, 5.41) is 10.5. The highest BCUT2D eigenvalue weighted by atomic mass is 16.5. The second-order valence-corrected chi connectivity index (χ2v) is 10.4. The van der Waals surface area contributed by atoms with Crippen molar-refractivity contribution in [3.05, 3.63) is 29.7 Å². The summed E-state index contributed by atoms with van der Waals surface area (Å²) >= 11 is 0. The van der Waals surface area contributed by atoms with Gasteiger partial charge in [0.25, 0.3) is 0 Å². The largest absolute Gasteiger partial charge is 0.496 e. The van der Waals surface area contributed by atoms with E-state index < -0.39 is 6.09 Å². The summed E-state index contributed by atoms with van der Waals surface area (Å²) in [4.78, 5) is 28.3. The molecule has 12 nitrogen and oxygen atoms in total. The molecule has 2 aliphatic rings. The Kier molecular flexibility index (Phi) is 9.27. The molecule has 0 radical (unpaired) electrons. The van der Waals surface area contributed by atoms with E-state index in [-0.39, 0.29) is 5.95 Å². The van der Waals surface area contributed by atoms with E-state index in [1.54, 1.807) is 13.3 Å². The van der Waals surface area contributed by atoms with E-state index in [4.69, 9.17) is 19.2 Å². The zero-order valence-electron chi connectivity index (χ0n) is 23.7. The molecule has 0 spiro atoms. The molecule has 0 aliphatic carbocycles. The predicted molar refractivity (Wildman–Crippen MR) is 152 cm³/mol. The number of rotatable bonds is 10. The molecule has 40 heavy (non-hydrogen) atoms. The highest BCUT2D eigenvalue weighted by molar-refractivity contribution is 5.89. The molecule has 0 bridgehead atoms. The smallest absolute Gasteiger partial charge is 0.413 e. The highest BCUT2D eigenvalue weighted by Crippen LogP contribution is 2.33. The fourth-order valence-corrected chi connectivity index (χ4v) is 5.61. The molecule has 2 saturated heterocycles. The van der Waals surface area contributed by atoms with Crippen molar-refractivity contribution >= 4 is 28.9 Å². The van der Waals surface area contributed by atoms with Gasteiger partial charge in [0.2, 0.25) is 5.95 Å². The number of piperidine rings is 1. The van der Waals surface area contributed by atoms with Gasteiger partial charge in [-0.3, -0.25) is 15.0 Å². The third-order valence-corrected chi connectivity index (χ3v) is 7.87. The lowest BCUT2D eigenvalue weighted by atomic mass is 9.91. The number of carbonyl (C=O) groups excluding carboxylic acids is 1. The minimum Gasteiger partial charge on any atom is -0.496 e. The third kappa shape index (κ3) is 6.44. The zero-order valence-corrected chi connectivity index (χ0v) is 23.7. The Hall–Kier alpha value is -3.51. The lowest BCUT2D eigenvalue weighted by Crippen LogP contribution is -2.43. The molecule has 0 unspecified atom stereocenters. The van der Waals surface area contributed by atoms with Gasteiger partial charge in [-0.2, -0.15) is 10.1 Å². The Morgan fingerprint density at radius 2 is 1.93 bits per heavy atom. The van der Waals surface area contributed by atoms with Crippen LogP contribution in [0.15, 0.2) is 18.5 Å². The molecule has 2 N–H and O–H groups in total. The minimum atomic E-state index is -0.628. The second-order valence-electron chi connectivity index (χ2n) is 10.4. The van der Waals surface area contributed by atoms with Crippen LogP contribution in [0.4, 0.5) is 16.6 Å². The van der Waals surface area contributed by atoms with Gasteiger partial charge in [0, 0.05) is 55.2 Å². The molecule has 12 heteroatoms. The topological polar surface area (TPSA) is 129 Å². The average molecular weight is 553 g/mol. The van der Waals surface area contributed by atoms with Crippen molar-refractivity contribution in [2.75, 3.05) is 57.7 Å². The molecule has 3 aromatic heterocycles. The van der Waals surface area contributed by atoms with E-state index in [1.807, 2.05) is 10.9 Å². The van der Waals surface area contributed by atoms with Crippen LogP contribution in [-0.2, 0) is 16.0 Å². The molecule has 0 atom stereocenters. The lowest BCUT2D eigenvalue weighted by Gasteiger charge is -2.39. The first-order chi connectivity index (χ1) is 19.6. The van der Waals surface area contributed by atoms with Crippen molar-refractivity contribution in [3.63, 3.8) is 0 Å². The summed E-state index contributed by atoms with van der Waals surface area (Å²) < 4.78 is 17.9. The average Bonchev–Trinajstić information content (AvgIpc) is 3.40. The zero-order chi connectivity index (χ0) is 27.9. The van der Waals surface area contributed by atoms with Crippen molar-refractivity contribution in [1.29, 1.82) is 0 Å². The molecule has 216 valence electrons. The summed E-state index contributed by atoms with van der Waals surface area (Å²) in [5.41, 5.74) is 3.37. The number of amides is 1. The third-order valence-electron chi connectivity index (χ3n) is 7.87. The van der Waals surface area contributed by atoms with Crippen molar-refractivity contribution in [3.8, 4) is 5.75 Å². The molecule has 2 fully saturated rings. The SMILES string of the molecule is CCCCNc1nc(NC(=O)OC)nc2cnn(Cc3cnc(C4CCN(C5CCOCC5)CC4)cc3OC)c12. The van der Waals surface area contributed by atoms with E-state index >= 15 is 0 Å². The molecule has 1 amide bonds.